The average Bonchev–Trinajstić information content (AvgIpc) is 3.43. The largest absolute Gasteiger partial charge is 0.299 e. The molecule has 0 aromatic carbocycles. The number of allylic oxidation sites excluding steroid dienone is 16. The zero-order valence-electron chi connectivity index (χ0n) is 50.5. The first kappa shape index (κ1) is 72.6. The minimum absolute atomic E-state index is 0.0781. The highest BCUT2D eigenvalue weighted by Gasteiger charge is 2.53. The fourth-order valence-corrected chi connectivity index (χ4v) is 10.1. The van der Waals surface area contributed by atoms with E-state index >= 15 is 0 Å². The van der Waals surface area contributed by atoms with Gasteiger partial charge in [-0.25, -0.2) is 0 Å². The minimum Gasteiger partial charge on any atom is -0.299 e. The second-order valence-electron chi connectivity index (χ2n) is 22.1. The van der Waals surface area contributed by atoms with Gasteiger partial charge in [0.1, 0.15) is 5.78 Å². The number of hydrogen-bond acceptors (Lipinski definition) is 4. The van der Waals surface area contributed by atoms with Gasteiger partial charge in [0.05, 0.1) is 0 Å². The summed E-state index contributed by atoms with van der Waals surface area (Å²) in [4.78, 5) is 57.2. The summed E-state index contributed by atoms with van der Waals surface area (Å²) in [6.45, 7) is 9.00. The highest BCUT2D eigenvalue weighted by Crippen LogP contribution is 2.37. The first-order valence-corrected chi connectivity index (χ1v) is 32.6. The Kier molecular flexibility index (Phi) is 56.6. The predicted molar refractivity (Wildman–Crippen MR) is 335 cm³/mol. The van der Waals surface area contributed by atoms with E-state index in [1.165, 1.54) is 161 Å². The van der Waals surface area contributed by atoms with Gasteiger partial charge in [0.2, 0.25) is 6.29 Å². The Morgan fingerprint density at radius 3 is 0.882 bits per heavy atom. The summed E-state index contributed by atoms with van der Waals surface area (Å²) in [5, 5.41) is 0. The van der Waals surface area contributed by atoms with E-state index in [0.717, 1.165) is 77.0 Å². The van der Waals surface area contributed by atoms with Gasteiger partial charge in [-0.05, 0) is 96.3 Å². The molecule has 4 heteroatoms. The van der Waals surface area contributed by atoms with Crippen molar-refractivity contribution in [2.24, 2.45) is 11.3 Å². The van der Waals surface area contributed by atoms with Gasteiger partial charge in [0, 0.05) is 25.2 Å². The van der Waals surface area contributed by atoms with Gasteiger partial charge in [-0.3, -0.25) is 19.2 Å². The normalized spacial score (nSPS) is 13.7. The van der Waals surface area contributed by atoms with Gasteiger partial charge in [-0.1, -0.05) is 305 Å². The molecule has 0 amide bonds. The van der Waals surface area contributed by atoms with Gasteiger partial charge >= 0.3 is 0 Å². The molecule has 433 valence electrons. The van der Waals surface area contributed by atoms with Gasteiger partial charge in [-0.2, -0.15) is 0 Å². The quantitative estimate of drug-likeness (QED) is 0.0346. The Morgan fingerprint density at radius 1 is 0.303 bits per heavy atom. The fraction of sp³-hybridized carbons (Fsp3) is 0.722. The predicted octanol–water partition coefficient (Wildman–Crippen LogP) is 22.9. The fourth-order valence-electron chi connectivity index (χ4n) is 10.1. The molecule has 0 bridgehead atoms. The molecule has 0 spiro atoms. The molecule has 0 aliphatic carbocycles. The Balaban J connectivity index is 5.90. The van der Waals surface area contributed by atoms with Gasteiger partial charge in [0.15, 0.2) is 17.0 Å². The van der Waals surface area contributed by atoms with E-state index in [0.29, 0.717) is 32.1 Å². The summed E-state index contributed by atoms with van der Waals surface area (Å²) < 4.78 is 0. The molecular weight excluding hydrogens is 929 g/mol. The van der Waals surface area contributed by atoms with Crippen LogP contribution in [-0.2, 0) is 19.2 Å². The Morgan fingerprint density at radius 2 is 0.553 bits per heavy atom. The second-order valence-corrected chi connectivity index (χ2v) is 22.1. The van der Waals surface area contributed by atoms with E-state index in [1.807, 2.05) is 12.2 Å². The summed E-state index contributed by atoms with van der Waals surface area (Å²) in [6.07, 6.45) is 84.9. The van der Waals surface area contributed by atoms with Crippen molar-refractivity contribution in [1.29, 1.82) is 0 Å². The highest BCUT2D eigenvalue weighted by atomic mass is 16.2. The van der Waals surface area contributed by atoms with E-state index in [1.54, 1.807) is 0 Å². The van der Waals surface area contributed by atoms with Crippen LogP contribution in [0, 0.1) is 11.3 Å². The standard InChI is InChI=1S/C72H121O4/c1-5-9-13-17-21-25-29-33-35-36-38-42-46-50-54-58-62-66-71(76)72(67-73,70(75)65-61-57-53-49-45-40-32-28-24-20-16-12-8-4)68(63-59-55-51-47-43-41-37-34-30-26-22-18-14-10-6-2)69(74)64-60-56-52-48-44-39-31-27-23-19-15-11-7-3/h21-22,25-26,33-35,37-38,42-43,47,50,54-55,59,68H,5-20,23-24,27-32,36,39-41,44-46,48-49,51-53,56-58,60-66H2,1-4H3/b25-21?,26-22-,35-33?,37-34-,42-38?,47-43-,54-50?,59-55-. The maximum Gasteiger partial charge on any atom is 0.221 e. The summed E-state index contributed by atoms with van der Waals surface area (Å²) in [7, 11) is 0. The van der Waals surface area contributed by atoms with Crippen LogP contribution in [-0.4, -0.2) is 23.6 Å². The molecule has 0 aromatic rings. The molecule has 0 fully saturated rings. The molecule has 0 rings (SSSR count). The summed E-state index contributed by atoms with van der Waals surface area (Å²) in [5.41, 5.74) is -2.06. The number of carbonyl (C=O) groups excluding carboxylic acids is 4. The number of carbonyl (C=O) groups is 3. The molecule has 0 heterocycles. The molecule has 2 unspecified atom stereocenters. The van der Waals surface area contributed by atoms with Crippen molar-refractivity contribution in [1.82, 2.24) is 0 Å². The zero-order chi connectivity index (χ0) is 55.4. The van der Waals surface area contributed by atoms with E-state index < -0.39 is 22.9 Å². The number of ketones is 3. The lowest BCUT2D eigenvalue weighted by atomic mass is 9.64. The second kappa shape index (κ2) is 59.3. The Bertz CT molecular complexity index is 1570. The SMILES string of the molecule is CCCCCC=CCC=CCC=CCC=CCCCC(=O)C([C]=O)(C(=O)CCCCCCCCCCCCCCC)C(C/C=C\C/C=C\C/C=C\C/C=C\CCCCC)C(=O)CCCCCCCCCCCCCCC. The lowest BCUT2D eigenvalue weighted by molar-refractivity contribution is -0.145. The molecule has 2 atom stereocenters. The average molecular weight is 1050 g/mol. The lowest BCUT2D eigenvalue weighted by Crippen LogP contribution is -2.50. The van der Waals surface area contributed by atoms with Crippen molar-refractivity contribution in [3.05, 3.63) is 97.2 Å². The van der Waals surface area contributed by atoms with Crippen LogP contribution in [0.3, 0.4) is 0 Å². The third-order valence-electron chi connectivity index (χ3n) is 15.0. The number of hydrogen-bond donors (Lipinski definition) is 0. The maximum atomic E-state index is 14.6. The molecule has 0 aromatic heterocycles. The number of rotatable bonds is 59. The van der Waals surface area contributed by atoms with Gasteiger partial charge in [0.25, 0.3) is 0 Å². The van der Waals surface area contributed by atoms with Gasteiger partial charge in [-0.15, -0.1) is 0 Å². The first-order valence-electron chi connectivity index (χ1n) is 32.6. The van der Waals surface area contributed by atoms with Crippen LogP contribution in [0.15, 0.2) is 97.2 Å². The third-order valence-corrected chi connectivity index (χ3v) is 15.0. The zero-order valence-corrected chi connectivity index (χ0v) is 50.5. The monoisotopic (exact) mass is 1050 g/mol. The number of unbranched alkanes of at least 4 members (excludes halogenated alkanes) is 31. The maximum absolute atomic E-state index is 14.6. The van der Waals surface area contributed by atoms with Crippen molar-refractivity contribution in [2.45, 2.75) is 323 Å². The van der Waals surface area contributed by atoms with Crippen molar-refractivity contribution < 1.29 is 19.2 Å². The molecule has 4 nitrogen and oxygen atoms in total. The first-order chi connectivity index (χ1) is 37.5. The lowest BCUT2D eigenvalue weighted by Gasteiger charge is -2.32. The molecule has 0 N–H and O–H groups in total. The van der Waals surface area contributed by atoms with Crippen molar-refractivity contribution in [3.8, 4) is 0 Å². The van der Waals surface area contributed by atoms with Crippen LogP contribution >= 0.6 is 0 Å². The van der Waals surface area contributed by atoms with E-state index in [2.05, 4.69) is 119 Å². The molecule has 1 radical (unpaired) electrons. The van der Waals surface area contributed by atoms with Crippen molar-refractivity contribution >= 4 is 23.6 Å². The van der Waals surface area contributed by atoms with Gasteiger partial charge < -0.3 is 0 Å². The van der Waals surface area contributed by atoms with Crippen LogP contribution in [0.4, 0.5) is 0 Å². The van der Waals surface area contributed by atoms with Crippen LogP contribution in [0.2, 0.25) is 0 Å². The molecule has 0 aliphatic rings. The Labute approximate surface area is 472 Å². The van der Waals surface area contributed by atoms with Crippen LogP contribution in [0.1, 0.15) is 323 Å². The van der Waals surface area contributed by atoms with Crippen LogP contribution < -0.4 is 0 Å². The minimum atomic E-state index is -2.06. The molecule has 0 saturated carbocycles. The highest BCUT2D eigenvalue weighted by molar-refractivity contribution is 6.21. The van der Waals surface area contributed by atoms with Crippen molar-refractivity contribution in [3.63, 3.8) is 0 Å². The van der Waals surface area contributed by atoms with E-state index in [-0.39, 0.29) is 31.5 Å². The van der Waals surface area contributed by atoms with Crippen LogP contribution in [0.5, 0.6) is 0 Å². The molecule has 0 aliphatic heterocycles. The summed E-state index contributed by atoms with van der Waals surface area (Å²) >= 11 is 0. The summed E-state index contributed by atoms with van der Waals surface area (Å²) in [6, 6.07) is 0. The van der Waals surface area contributed by atoms with E-state index in [9.17, 15) is 19.2 Å². The number of Topliss-reactive ketones (excluding diaryl/α,β-unsaturated/α-hetero) is 3. The summed E-state index contributed by atoms with van der Waals surface area (Å²) in [5.74, 6) is -1.98. The smallest absolute Gasteiger partial charge is 0.221 e. The molecular formula is C72H121O4. The van der Waals surface area contributed by atoms with Crippen molar-refractivity contribution in [2.75, 3.05) is 0 Å². The van der Waals surface area contributed by atoms with E-state index in [4.69, 9.17) is 0 Å². The molecule has 76 heavy (non-hydrogen) atoms. The molecule has 0 saturated heterocycles. The Hall–Kier alpha value is -3.40. The van der Waals surface area contributed by atoms with Crippen LogP contribution in [0.25, 0.3) is 0 Å². The topological polar surface area (TPSA) is 68.3 Å². The third kappa shape index (κ3) is 44.6.